The standard InChI is InChI=1S/C23H39N9O5/c1-3-13(2)18(31-19(33)15(24)6-4-8-28-23(25)26)20(34)30-16(10-14-11-27-12-29-14)21(35)32-9-5-7-17(32)22(36)37/h11-13,15-18H,3-10,24H2,1-2H3,(H,27,29)(H,30,34)(H,31,33)(H,36,37)(H4,25,26,28). The molecule has 1 saturated heterocycles. The van der Waals surface area contributed by atoms with E-state index in [4.69, 9.17) is 17.2 Å². The van der Waals surface area contributed by atoms with E-state index in [1.807, 2.05) is 6.92 Å². The number of nitrogens with one attached hydrogen (secondary N) is 3. The van der Waals surface area contributed by atoms with Crippen LogP contribution >= 0.6 is 0 Å². The van der Waals surface area contributed by atoms with Crippen LogP contribution in [0.15, 0.2) is 17.5 Å². The number of rotatable bonds is 14. The molecule has 1 aromatic heterocycles. The number of imidazole rings is 1. The fraction of sp³-hybridized carbons (Fsp3) is 0.652. The number of amides is 3. The first kappa shape index (κ1) is 29.5. The van der Waals surface area contributed by atoms with E-state index in [0.717, 1.165) is 0 Å². The van der Waals surface area contributed by atoms with Crippen LogP contribution in [0.2, 0.25) is 0 Å². The molecule has 206 valence electrons. The van der Waals surface area contributed by atoms with E-state index in [9.17, 15) is 24.3 Å². The Morgan fingerprint density at radius 2 is 2.00 bits per heavy atom. The van der Waals surface area contributed by atoms with E-state index in [2.05, 4.69) is 25.6 Å². The lowest BCUT2D eigenvalue weighted by Gasteiger charge is -2.30. The Balaban J connectivity index is 2.14. The SMILES string of the molecule is CCC(C)C(NC(=O)C(N)CCCN=C(N)N)C(=O)NC(Cc1cnc[nH]1)C(=O)N1CCCC1C(=O)O. The summed E-state index contributed by atoms with van der Waals surface area (Å²) in [5.74, 6) is -2.96. The molecule has 2 heterocycles. The average molecular weight is 522 g/mol. The minimum absolute atomic E-state index is 0.0469. The molecule has 0 saturated carbocycles. The molecule has 37 heavy (non-hydrogen) atoms. The summed E-state index contributed by atoms with van der Waals surface area (Å²) in [6, 6.07) is -3.83. The van der Waals surface area contributed by atoms with E-state index < -0.39 is 47.9 Å². The molecule has 0 spiro atoms. The van der Waals surface area contributed by atoms with Gasteiger partial charge < -0.3 is 42.8 Å². The number of carbonyl (C=O) groups excluding carboxylic acids is 3. The summed E-state index contributed by atoms with van der Waals surface area (Å²) >= 11 is 0. The number of hydrogen-bond acceptors (Lipinski definition) is 7. The van der Waals surface area contributed by atoms with E-state index in [1.165, 1.54) is 17.4 Å². The van der Waals surface area contributed by atoms with Crippen molar-refractivity contribution in [2.75, 3.05) is 13.1 Å². The van der Waals surface area contributed by atoms with Crippen molar-refractivity contribution in [2.45, 2.75) is 76.5 Å². The van der Waals surface area contributed by atoms with Crippen LogP contribution in [0.1, 0.15) is 51.6 Å². The summed E-state index contributed by atoms with van der Waals surface area (Å²) in [7, 11) is 0. The van der Waals surface area contributed by atoms with Crippen molar-refractivity contribution in [3.8, 4) is 0 Å². The Morgan fingerprint density at radius 1 is 1.27 bits per heavy atom. The van der Waals surface area contributed by atoms with Gasteiger partial charge in [0.2, 0.25) is 17.7 Å². The number of aromatic amines is 1. The van der Waals surface area contributed by atoms with E-state index in [-0.39, 0.29) is 24.8 Å². The van der Waals surface area contributed by atoms with Gasteiger partial charge in [0.25, 0.3) is 0 Å². The highest BCUT2D eigenvalue weighted by atomic mass is 16.4. The highest BCUT2D eigenvalue weighted by Crippen LogP contribution is 2.20. The van der Waals surface area contributed by atoms with Gasteiger partial charge in [-0.2, -0.15) is 0 Å². The Bertz CT molecular complexity index is 948. The molecule has 3 amide bonds. The van der Waals surface area contributed by atoms with Crippen molar-refractivity contribution >= 4 is 29.7 Å². The molecule has 1 fully saturated rings. The van der Waals surface area contributed by atoms with Gasteiger partial charge in [-0.05, 0) is 31.6 Å². The smallest absolute Gasteiger partial charge is 0.326 e. The second kappa shape index (κ2) is 14.2. The number of H-pyrrole nitrogens is 1. The second-order valence-electron chi connectivity index (χ2n) is 9.30. The Kier molecular flexibility index (Phi) is 11.3. The third kappa shape index (κ3) is 8.74. The zero-order valence-electron chi connectivity index (χ0n) is 21.4. The zero-order chi connectivity index (χ0) is 27.5. The van der Waals surface area contributed by atoms with Crippen LogP contribution < -0.4 is 27.8 Å². The molecule has 0 radical (unpaired) electrons. The normalized spacial score (nSPS) is 18.4. The summed E-state index contributed by atoms with van der Waals surface area (Å²) in [6.07, 6.45) is 5.32. The van der Waals surface area contributed by atoms with Crippen LogP contribution in [0.4, 0.5) is 0 Å². The van der Waals surface area contributed by atoms with Gasteiger partial charge >= 0.3 is 5.97 Å². The van der Waals surface area contributed by atoms with Crippen LogP contribution in [0.5, 0.6) is 0 Å². The molecule has 1 aliphatic heterocycles. The van der Waals surface area contributed by atoms with E-state index in [0.29, 0.717) is 44.3 Å². The zero-order valence-corrected chi connectivity index (χ0v) is 21.4. The predicted octanol–water partition coefficient (Wildman–Crippen LogP) is -1.58. The van der Waals surface area contributed by atoms with Gasteiger partial charge in [0.05, 0.1) is 12.4 Å². The number of aromatic nitrogens is 2. The van der Waals surface area contributed by atoms with Crippen molar-refractivity contribution in [3.05, 3.63) is 18.2 Å². The summed E-state index contributed by atoms with van der Waals surface area (Å²) in [6.45, 7) is 4.29. The molecular weight excluding hydrogens is 482 g/mol. The van der Waals surface area contributed by atoms with Gasteiger partial charge in [0.1, 0.15) is 18.1 Å². The molecule has 0 aromatic carbocycles. The number of carboxylic acid groups (broad SMARTS) is 1. The van der Waals surface area contributed by atoms with Gasteiger partial charge in [-0.15, -0.1) is 0 Å². The third-order valence-electron chi connectivity index (χ3n) is 6.51. The molecule has 0 aliphatic carbocycles. The van der Waals surface area contributed by atoms with Crippen molar-refractivity contribution in [3.63, 3.8) is 0 Å². The number of carboxylic acids is 1. The van der Waals surface area contributed by atoms with E-state index >= 15 is 0 Å². The highest BCUT2D eigenvalue weighted by molar-refractivity contribution is 5.94. The number of likely N-dealkylation sites (tertiary alicyclic amines) is 1. The number of carbonyl (C=O) groups is 4. The minimum Gasteiger partial charge on any atom is -0.480 e. The van der Waals surface area contributed by atoms with Crippen molar-refractivity contribution < 1.29 is 24.3 Å². The van der Waals surface area contributed by atoms with Crippen molar-refractivity contribution in [1.29, 1.82) is 0 Å². The molecule has 5 unspecified atom stereocenters. The number of guanidine groups is 1. The first-order chi connectivity index (χ1) is 17.5. The van der Waals surface area contributed by atoms with Gasteiger partial charge in [-0.1, -0.05) is 20.3 Å². The van der Waals surface area contributed by atoms with Crippen LogP contribution in [0, 0.1) is 5.92 Å². The van der Waals surface area contributed by atoms with E-state index in [1.54, 1.807) is 6.92 Å². The largest absolute Gasteiger partial charge is 0.480 e. The number of aliphatic imine (C=N–C) groups is 1. The molecule has 14 heteroatoms. The summed E-state index contributed by atoms with van der Waals surface area (Å²) in [5.41, 5.74) is 17.2. The molecule has 5 atom stereocenters. The third-order valence-corrected chi connectivity index (χ3v) is 6.51. The number of nitrogens with zero attached hydrogens (tertiary/aromatic N) is 3. The van der Waals surface area contributed by atoms with Crippen molar-refractivity contribution in [2.24, 2.45) is 28.1 Å². The van der Waals surface area contributed by atoms with Crippen LogP contribution in [-0.4, -0.2) is 86.9 Å². The van der Waals surface area contributed by atoms with Gasteiger partial charge in [-0.25, -0.2) is 9.78 Å². The van der Waals surface area contributed by atoms with Crippen LogP contribution in [0.3, 0.4) is 0 Å². The molecule has 10 N–H and O–H groups in total. The molecule has 1 aromatic rings. The van der Waals surface area contributed by atoms with Gasteiger partial charge in [0.15, 0.2) is 5.96 Å². The monoisotopic (exact) mass is 521 g/mol. The molecule has 1 aliphatic rings. The number of hydrogen-bond donors (Lipinski definition) is 7. The topological polar surface area (TPSA) is 235 Å². The number of aliphatic carboxylic acids is 1. The molecule has 14 nitrogen and oxygen atoms in total. The summed E-state index contributed by atoms with van der Waals surface area (Å²) < 4.78 is 0. The molecule has 0 bridgehead atoms. The lowest BCUT2D eigenvalue weighted by molar-refractivity contribution is -0.149. The highest BCUT2D eigenvalue weighted by Gasteiger charge is 2.39. The van der Waals surface area contributed by atoms with Crippen LogP contribution in [0.25, 0.3) is 0 Å². The Hall–Kier alpha value is -3.68. The predicted molar refractivity (Wildman–Crippen MR) is 136 cm³/mol. The lowest BCUT2D eigenvalue weighted by atomic mass is 9.96. The maximum absolute atomic E-state index is 13.4. The first-order valence-electron chi connectivity index (χ1n) is 12.5. The molecule has 2 rings (SSSR count). The maximum atomic E-state index is 13.4. The minimum atomic E-state index is -1.09. The maximum Gasteiger partial charge on any atom is 0.326 e. The van der Waals surface area contributed by atoms with Gasteiger partial charge in [0, 0.05) is 31.4 Å². The fourth-order valence-corrected chi connectivity index (χ4v) is 4.18. The molecular formula is C23H39N9O5. The Labute approximate surface area is 215 Å². The average Bonchev–Trinajstić information content (AvgIpc) is 3.55. The fourth-order valence-electron chi connectivity index (χ4n) is 4.18. The van der Waals surface area contributed by atoms with Gasteiger partial charge in [-0.3, -0.25) is 19.4 Å². The lowest BCUT2D eigenvalue weighted by Crippen LogP contribution is -2.59. The quantitative estimate of drug-likeness (QED) is 0.0848. The Morgan fingerprint density at radius 3 is 2.59 bits per heavy atom. The number of nitrogens with two attached hydrogens (primary N) is 3. The first-order valence-corrected chi connectivity index (χ1v) is 12.5. The second-order valence-corrected chi connectivity index (χ2v) is 9.30. The van der Waals surface area contributed by atoms with Crippen LogP contribution in [-0.2, 0) is 25.6 Å². The summed E-state index contributed by atoms with van der Waals surface area (Å²) in [4.78, 5) is 63.2. The summed E-state index contributed by atoms with van der Waals surface area (Å²) in [5, 5.41) is 15.0. The van der Waals surface area contributed by atoms with Crippen molar-refractivity contribution in [1.82, 2.24) is 25.5 Å².